The Morgan fingerprint density at radius 1 is 1.07 bits per heavy atom. The summed E-state index contributed by atoms with van der Waals surface area (Å²) in [5.74, 6) is 0.437. The lowest BCUT2D eigenvalue weighted by atomic mass is 9.92. The molecule has 140 valence electrons. The molecule has 0 radical (unpaired) electrons. The number of benzene rings is 3. The Balaban J connectivity index is 2.14. The average Bonchev–Trinajstić information content (AvgIpc) is 2.65. The van der Waals surface area contributed by atoms with E-state index in [9.17, 15) is 0 Å². The van der Waals surface area contributed by atoms with E-state index >= 15 is 0 Å². The Kier molecular flexibility index (Phi) is 3.65. The van der Waals surface area contributed by atoms with Gasteiger partial charge in [0.05, 0.1) is 0 Å². The second-order valence-electron chi connectivity index (χ2n) is 8.08. The van der Waals surface area contributed by atoms with E-state index in [1.54, 1.807) is 0 Å². The van der Waals surface area contributed by atoms with Crippen molar-refractivity contribution >= 4 is 56.2 Å². The minimum Gasteiger partial charge on any atom is -0.403 e. The molecule has 0 saturated heterocycles. The Morgan fingerprint density at radius 3 is 2.61 bits per heavy atom. The summed E-state index contributed by atoms with van der Waals surface area (Å²) in [4.78, 5) is 3.49. The van der Waals surface area contributed by atoms with Crippen LogP contribution in [0.15, 0.2) is 40.8 Å². The summed E-state index contributed by atoms with van der Waals surface area (Å²) in [6.45, 7) is 8.83. The Bertz CT molecular complexity index is 1490. The third-order valence-electron chi connectivity index (χ3n) is 6.01. The molecule has 28 heavy (non-hydrogen) atoms. The van der Waals surface area contributed by atoms with E-state index in [1.165, 1.54) is 32.8 Å². The highest BCUT2D eigenvalue weighted by molar-refractivity contribution is 7.71. The van der Waals surface area contributed by atoms with Gasteiger partial charge >= 0.3 is 5.71 Å². The number of fused-ring (bicyclic) bond motifs is 3. The topological polar surface area (TPSA) is 32.2 Å². The second-order valence-corrected chi connectivity index (χ2v) is 8.52. The monoisotopic (exact) mass is 387 g/mol. The van der Waals surface area contributed by atoms with Crippen LogP contribution >= 0.6 is 12.2 Å². The van der Waals surface area contributed by atoms with Crippen molar-refractivity contribution in [3.63, 3.8) is 0 Å². The van der Waals surface area contributed by atoms with Gasteiger partial charge < -0.3 is 8.98 Å². The molecule has 0 spiro atoms. The van der Waals surface area contributed by atoms with E-state index in [2.05, 4.69) is 68.6 Å². The van der Waals surface area contributed by atoms with E-state index in [-0.39, 0.29) is 0 Å². The van der Waals surface area contributed by atoms with Crippen LogP contribution in [0.5, 0.6) is 0 Å². The number of H-pyrrole nitrogens is 1. The number of rotatable bonds is 1. The van der Waals surface area contributed by atoms with Gasteiger partial charge in [0, 0.05) is 17.8 Å². The number of hydrogen-bond donors (Lipinski definition) is 0. The summed E-state index contributed by atoms with van der Waals surface area (Å²) in [7, 11) is 2.09. The molecular weight excluding hydrogens is 364 g/mol. The fourth-order valence-corrected chi connectivity index (χ4v) is 4.55. The van der Waals surface area contributed by atoms with Gasteiger partial charge in [0.15, 0.2) is 5.52 Å². The Morgan fingerprint density at radius 2 is 1.86 bits per heavy atom. The summed E-state index contributed by atoms with van der Waals surface area (Å²) in [5, 5.41) is 3.68. The zero-order valence-electron chi connectivity index (χ0n) is 16.8. The lowest BCUT2D eigenvalue weighted by Gasteiger charge is -2.16. The SMILES string of the molecule is Cc1cc2cc(C(C)C)cc3oc4[nH+]c5c(=S)cccc5n(C)c4c(c1C)c23. The van der Waals surface area contributed by atoms with Gasteiger partial charge in [-0.05, 0) is 60.0 Å². The molecule has 0 bridgehead atoms. The van der Waals surface area contributed by atoms with Crippen molar-refractivity contribution in [3.8, 4) is 0 Å². The van der Waals surface area contributed by atoms with Crippen molar-refractivity contribution in [3.05, 3.63) is 57.6 Å². The number of para-hydroxylation sites is 1. The van der Waals surface area contributed by atoms with E-state index < -0.39 is 0 Å². The normalized spacial score (nSPS) is 12.2. The van der Waals surface area contributed by atoms with Crippen molar-refractivity contribution in [2.75, 3.05) is 0 Å². The number of aryl methyl sites for hydroxylation is 3. The highest BCUT2D eigenvalue weighted by Crippen LogP contribution is 2.38. The first-order valence-corrected chi connectivity index (χ1v) is 10.1. The van der Waals surface area contributed by atoms with Crippen molar-refractivity contribution in [2.24, 2.45) is 7.05 Å². The molecule has 3 aromatic carbocycles. The van der Waals surface area contributed by atoms with Gasteiger partial charge in [0.2, 0.25) is 5.52 Å². The smallest absolute Gasteiger partial charge is 0.397 e. The van der Waals surface area contributed by atoms with Crippen LogP contribution in [0.3, 0.4) is 0 Å². The van der Waals surface area contributed by atoms with Crippen molar-refractivity contribution in [1.82, 2.24) is 4.57 Å². The van der Waals surface area contributed by atoms with Gasteiger partial charge in [-0.2, -0.15) is 4.98 Å². The fraction of sp³-hybridized carbons (Fsp3) is 0.250. The molecule has 1 N–H and O–H groups in total. The quantitative estimate of drug-likeness (QED) is 0.186. The zero-order chi connectivity index (χ0) is 19.7. The maximum absolute atomic E-state index is 6.46. The molecule has 3 nitrogen and oxygen atoms in total. The van der Waals surface area contributed by atoms with E-state index in [0.717, 1.165) is 32.4 Å². The number of aromatic amines is 1. The maximum atomic E-state index is 6.46. The summed E-state index contributed by atoms with van der Waals surface area (Å²) >= 11 is 5.56. The van der Waals surface area contributed by atoms with E-state index in [4.69, 9.17) is 16.6 Å². The molecule has 0 aliphatic heterocycles. The molecule has 0 fully saturated rings. The summed E-state index contributed by atoms with van der Waals surface area (Å²) in [6.07, 6.45) is 0. The van der Waals surface area contributed by atoms with Gasteiger partial charge in [0.1, 0.15) is 15.6 Å². The molecule has 0 amide bonds. The highest BCUT2D eigenvalue weighted by Gasteiger charge is 2.22. The lowest BCUT2D eigenvalue weighted by molar-refractivity contribution is -0.323. The molecule has 2 heterocycles. The predicted octanol–water partition coefficient (Wildman–Crippen LogP) is 6.51. The number of nitrogens with zero attached hydrogens (tertiary/aromatic N) is 1. The highest BCUT2D eigenvalue weighted by atomic mass is 32.1. The van der Waals surface area contributed by atoms with Crippen LogP contribution < -0.4 is 4.98 Å². The third kappa shape index (κ3) is 2.27. The predicted molar refractivity (Wildman–Crippen MR) is 119 cm³/mol. The molecule has 5 rings (SSSR count). The average molecular weight is 388 g/mol. The molecule has 0 atom stereocenters. The van der Waals surface area contributed by atoms with Crippen molar-refractivity contribution < 1.29 is 9.40 Å². The Hall–Kier alpha value is -2.72. The van der Waals surface area contributed by atoms with Crippen LogP contribution in [0.2, 0.25) is 0 Å². The van der Waals surface area contributed by atoms with Gasteiger partial charge in [-0.25, -0.2) is 0 Å². The van der Waals surface area contributed by atoms with Crippen LogP contribution in [-0.4, -0.2) is 4.57 Å². The third-order valence-corrected chi connectivity index (χ3v) is 6.35. The molecule has 0 unspecified atom stereocenters. The van der Waals surface area contributed by atoms with Crippen molar-refractivity contribution in [2.45, 2.75) is 33.6 Å². The number of nitrogens with one attached hydrogen (secondary N) is 1. The van der Waals surface area contributed by atoms with Crippen LogP contribution in [0.1, 0.15) is 36.5 Å². The second kappa shape index (κ2) is 5.89. The van der Waals surface area contributed by atoms with E-state index in [0.29, 0.717) is 5.92 Å². The van der Waals surface area contributed by atoms with Crippen LogP contribution in [0.4, 0.5) is 0 Å². The summed E-state index contributed by atoms with van der Waals surface area (Å²) < 4.78 is 9.46. The summed E-state index contributed by atoms with van der Waals surface area (Å²) in [6, 6.07) is 12.8. The molecule has 4 heteroatoms. The molecule has 2 aromatic heterocycles. The standard InChI is InChI=1S/C24H22N2OS/c1-12(2)15-10-16-9-13(3)14(4)20-21(16)18(11-15)27-24-23(20)26(5)17-7-6-8-19(28)22(17)25-24/h6-12H,1-5H3/p+1. The lowest BCUT2D eigenvalue weighted by Crippen LogP contribution is -2.13. The molecule has 0 aliphatic rings. The van der Waals surface area contributed by atoms with Crippen LogP contribution in [0, 0.1) is 18.4 Å². The number of hydrogen-bond acceptors (Lipinski definition) is 2. The Labute approximate surface area is 168 Å². The van der Waals surface area contributed by atoms with Crippen LogP contribution in [0.25, 0.3) is 44.0 Å². The first-order chi connectivity index (χ1) is 13.4. The minimum atomic E-state index is 0.437. The number of aromatic nitrogens is 2. The summed E-state index contributed by atoms with van der Waals surface area (Å²) in [5.41, 5.74) is 8.63. The largest absolute Gasteiger partial charge is 0.403 e. The first kappa shape index (κ1) is 17.4. The van der Waals surface area contributed by atoms with Gasteiger partial charge in [-0.1, -0.05) is 44.3 Å². The van der Waals surface area contributed by atoms with E-state index in [1.807, 2.05) is 12.1 Å². The van der Waals surface area contributed by atoms with Crippen LogP contribution in [-0.2, 0) is 7.05 Å². The molecule has 0 aliphatic carbocycles. The zero-order valence-corrected chi connectivity index (χ0v) is 17.6. The molecule has 0 saturated carbocycles. The maximum Gasteiger partial charge on any atom is 0.397 e. The first-order valence-electron chi connectivity index (χ1n) is 9.68. The minimum absolute atomic E-state index is 0.437. The van der Waals surface area contributed by atoms with Crippen molar-refractivity contribution in [1.29, 1.82) is 0 Å². The fourth-order valence-electron chi connectivity index (χ4n) is 4.31. The molecule has 5 aromatic rings. The molecular formula is C24H23N2OS+. The van der Waals surface area contributed by atoms with Gasteiger partial charge in [-0.3, -0.25) is 0 Å². The van der Waals surface area contributed by atoms with Gasteiger partial charge in [-0.15, -0.1) is 0 Å². The van der Waals surface area contributed by atoms with Gasteiger partial charge in [0.25, 0.3) is 0 Å².